The lowest BCUT2D eigenvalue weighted by Gasteiger charge is -2.09. The second-order valence-electron chi connectivity index (χ2n) is 4.49. The van der Waals surface area contributed by atoms with Gasteiger partial charge in [0, 0.05) is 0 Å². The Hall–Kier alpha value is -1.30. The third-order valence-corrected chi connectivity index (χ3v) is 3.51. The van der Waals surface area contributed by atoms with Gasteiger partial charge in [-0.2, -0.15) is 0 Å². The minimum Gasteiger partial charge on any atom is -0.0616 e. The van der Waals surface area contributed by atoms with Gasteiger partial charge >= 0.3 is 0 Å². The van der Waals surface area contributed by atoms with Gasteiger partial charge in [0.2, 0.25) is 0 Å². The van der Waals surface area contributed by atoms with Crippen molar-refractivity contribution < 1.29 is 0 Å². The minimum atomic E-state index is 1.27. The lowest BCUT2D eigenvalue weighted by atomic mass is 9.96. The van der Waals surface area contributed by atoms with Crippen molar-refractivity contribution in [2.75, 3.05) is 0 Å². The second kappa shape index (κ2) is 3.69. The molecule has 0 fully saturated rings. The minimum absolute atomic E-state index is 1.27. The molecule has 2 aromatic carbocycles. The van der Waals surface area contributed by atoms with E-state index in [4.69, 9.17) is 0 Å². The van der Waals surface area contributed by atoms with Crippen molar-refractivity contribution in [3.05, 3.63) is 47.5 Å². The fourth-order valence-electron chi connectivity index (χ4n) is 2.70. The van der Waals surface area contributed by atoms with E-state index in [-0.39, 0.29) is 0 Å². The number of benzene rings is 2. The first-order valence-electron chi connectivity index (χ1n) is 5.95. The first kappa shape index (κ1) is 8.96. The van der Waals surface area contributed by atoms with Crippen LogP contribution in [0.4, 0.5) is 0 Å². The number of hydrogen-bond acceptors (Lipinski definition) is 0. The topological polar surface area (TPSA) is 0 Å². The molecule has 0 heteroatoms. The average Bonchev–Trinajstić information content (AvgIpc) is 2.54. The standard InChI is InChI=1S/C15H16/c1-2-6-12-10-11-13-7-4-5-9-15(13)14(12)8-3-1/h4-5,7,9-11H,1-3,6,8H2. The molecule has 0 atom stereocenters. The molecule has 0 nitrogen and oxygen atoms in total. The summed E-state index contributed by atoms with van der Waals surface area (Å²) in [5.74, 6) is 0. The van der Waals surface area contributed by atoms with Crippen LogP contribution in [0.5, 0.6) is 0 Å². The fourth-order valence-corrected chi connectivity index (χ4v) is 2.70. The fraction of sp³-hybridized carbons (Fsp3) is 0.333. The first-order valence-corrected chi connectivity index (χ1v) is 5.95. The first-order chi connectivity index (χ1) is 7.45. The summed E-state index contributed by atoms with van der Waals surface area (Å²) < 4.78 is 0. The summed E-state index contributed by atoms with van der Waals surface area (Å²) in [4.78, 5) is 0. The SMILES string of the molecule is c1ccc2c3c(ccc2c1)CCCCC3. The van der Waals surface area contributed by atoms with Crippen LogP contribution in [0.1, 0.15) is 30.4 Å². The molecule has 0 N–H and O–H groups in total. The highest BCUT2D eigenvalue weighted by atomic mass is 14.1. The van der Waals surface area contributed by atoms with E-state index in [9.17, 15) is 0 Å². The van der Waals surface area contributed by atoms with Crippen molar-refractivity contribution in [2.24, 2.45) is 0 Å². The van der Waals surface area contributed by atoms with E-state index in [0.29, 0.717) is 0 Å². The largest absolute Gasteiger partial charge is 0.0616 e. The third-order valence-electron chi connectivity index (χ3n) is 3.51. The van der Waals surface area contributed by atoms with Crippen LogP contribution in [0.15, 0.2) is 36.4 Å². The molecule has 15 heavy (non-hydrogen) atoms. The lowest BCUT2D eigenvalue weighted by molar-refractivity contribution is 0.712. The predicted molar refractivity (Wildman–Crippen MR) is 65.2 cm³/mol. The van der Waals surface area contributed by atoms with Crippen molar-refractivity contribution in [1.82, 2.24) is 0 Å². The molecule has 0 amide bonds. The van der Waals surface area contributed by atoms with Crippen LogP contribution >= 0.6 is 0 Å². The highest BCUT2D eigenvalue weighted by molar-refractivity contribution is 5.86. The lowest BCUT2D eigenvalue weighted by Crippen LogP contribution is -1.92. The Morgan fingerprint density at radius 3 is 2.60 bits per heavy atom. The molecule has 0 heterocycles. The van der Waals surface area contributed by atoms with Crippen molar-refractivity contribution in [1.29, 1.82) is 0 Å². The van der Waals surface area contributed by atoms with Gasteiger partial charge in [-0.25, -0.2) is 0 Å². The Balaban J connectivity index is 2.27. The van der Waals surface area contributed by atoms with E-state index in [2.05, 4.69) is 36.4 Å². The molecule has 0 radical (unpaired) electrons. The molecule has 3 rings (SSSR count). The zero-order valence-corrected chi connectivity index (χ0v) is 9.00. The number of fused-ring (bicyclic) bond motifs is 3. The maximum Gasteiger partial charge on any atom is -0.0149 e. The number of rotatable bonds is 0. The molecule has 0 bridgehead atoms. The third kappa shape index (κ3) is 1.54. The summed E-state index contributed by atoms with van der Waals surface area (Å²) in [5.41, 5.74) is 3.21. The van der Waals surface area contributed by atoms with Gasteiger partial charge in [-0.05, 0) is 47.6 Å². The van der Waals surface area contributed by atoms with Crippen LogP contribution < -0.4 is 0 Å². The van der Waals surface area contributed by atoms with Crippen molar-refractivity contribution in [3.63, 3.8) is 0 Å². The summed E-state index contributed by atoms with van der Waals surface area (Å²) in [6, 6.07) is 13.4. The van der Waals surface area contributed by atoms with Crippen LogP contribution in [0.2, 0.25) is 0 Å². The van der Waals surface area contributed by atoms with E-state index in [1.165, 1.54) is 42.9 Å². The van der Waals surface area contributed by atoms with Crippen molar-refractivity contribution in [3.8, 4) is 0 Å². The normalized spacial score (nSPS) is 16.0. The van der Waals surface area contributed by atoms with Gasteiger partial charge in [-0.15, -0.1) is 0 Å². The van der Waals surface area contributed by atoms with Crippen LogP contribution in [0.25, 0.3) is 10.8 Å². The van der Waals surface area contributed by atoms with Gasteiger partial charge in [0.15, 0.2) is 0 Å². The predicted octanol–water partition coefficient (Wildman–Crippen LogP) is 4.11. The molecule has 0 aromatic heterocycles. The maximum atomic E-state index is 2.34. The van der Waals surface area contributed by atoms with Gasteiger partial charge < -0.3 is 0 Å². The Morgan fingerprint density at radius 1 is 0.733 bits per heavy atom. The Kier molecular flexibility index (Phi) is 2.21. The molecule has 76 valence electrons. The van der Waals surface area contributed by atoms with Crippen LogP contribution in [0, 0.1) is 0 Å². The van der Waals surface area contributed by atoms with E-state index in [1.54, 1.807) is 11.1 Å². The smallest absolute Gasteiger partial charge is 0.0149 e. The molecule has 0 saturated heterocycles. The highest BCUT2D eigenvalue weighted by Gasteiger charge is 2.10. The van der Waals surface area contributed by atoms with Gasteiger partial charge in [-0.3, -0.25) is 0 Å². The van der Waals surface area contributed by atoms with E-state index in [1.807, 2.05) is 0 Å². The average molecular weight is 196 g/mol. The zero-order chi connectivity index (χ0) is 10.1. The molecule has 0 saturated carbocycles. The quantitative estimate of drug-likeness (QED) is 0.556. The van der Waals surface area contributed by atoms with Crippen molar-refractivity contribution >= 4 is 10.8 Å². The van der Waals surface area contributed by atoms with Crippen LogP contribution in [0.3, 0.4) is 0 Å². The van der Waals surface area contributed by atoms with Gasteiger partial charge in [0.1, 0.15) is 0 Å². The Morgan fingerprint density at radius 2 is 1.60 bits per heavy atom. The molecule has 2 aromatic rings. The Bertz CT molecular complexity index is 482. The van der Waals surface area contributed by atoms with Crippen LogP contribution in [-0.2, 0) is 12.8 Å². The summed E-state index contributed by atoms with van der Waals surface area (Å²) in [6.45, 7) is 0. The molecular formula is C15H16. The van der Waals surface area contributed by atoms with E-state index in [0.717, 1.165) is 0 Å². The highest BCUT2D eigenvalue weighted by Crippen LogP contribution is 2.27. The molecule has 0 aliphatic heterocycles. The molecule has 0 unspecified atom stereocenters. The summed E-state index contributed by atoms with van der Waals surface area (Å²) in [5, 5.41) is 2.88. The molecule has 0 spiro atoms. The summed E-state index contributed by atoms with van der Waals surface area (Å²) in [7, 11) is 0. The summed E-state index contributed by atoms with van der Waals surface area (Å²) in [6.07, 6.45) is 6.67. The summed E-state index contributed by atoms with van der Waals surface area (Å²) >= 11 is 0. The van der Waals surface area contributed by atoms with E-state index < -0.39 is 0 Å². The Labute approximate surface area is 90.9 Å². The monoisotopic (exact) mass is 196 g/mol. The molecule has 1 aliphatic carbocycles. The number of aryl methyl sites for hydroxylation is 2. The molecular weight excluding hydrogens is 180 g/mol. The van der Waals surface area contributed by atoms with E-state index >= 15 is 0 Å². The molecule has 1 aliphatic rings. The van der Waals surface area contributed by atoms with Crippen LogP contribution in [-0.4, -0.2) is 0 Å². The number of hydrogen-bond donors (Lipinski definition) is 0. The van der Waals surface area contributed by atoms with Crippen molar-refractivity contribution in [2.45, 2.75) is 32.1 Å². The van der Waals surface area contributed by atoms with Gasteiger partial charge in [0.05, 0.1) is 0 Å². The maximum absolute atomic E-state index is 2.34. The zero-order valence-electron chi connectivity index (χ0n) is 9.00. The van der Waals surface area contributed by atoms with Gasteiger partial charge in [-0.1, -0.05) is 42.8 Å². The van der Waals surface area contributed by atoms with Gasteiger partial charge in [0.25, 0.3) is 0 Å². The second-order valence-corrected chi connectivity index (χ2v) is 4.49.